The maximum absolute atomic E-state index is 12.1. The van der Waals surface area contributed by atoms with Gasteiger partial charge < -0.3 is 10.4 Å². The fraction of sp³-hybridized carbons (Fsp3) is 0.533. The van der Waals surface area contributed by atoms with Crippen LogP contribution in [0.15, 0.2) is 18.5 Å². The normalized spacial score (nSPS) is 16.1. The van der Waals surface area contributed by atoms with Crippen molar-refractivity contribution in [3.63, 3.8) is 0 Å². The average Bonchev–Trinajstić information content (AvgIpc) is 3.12. The second kappa shape index (κ2) is 6.51. The van der Waals surface area contributed by atoms with E-state index in [1.807, 2.05) is 24.7 Å². The lowest BCUT2D eigenvalue weighted by molar-refractivity contribution is -0.117. The van der Waals surface area contributed by atoms with Crippen molar-refractivity contribution in [1.82, 2.24) is 24.5 Å². The number of anilines is 1. The Kier molecular flexibility index (Phi) is 4.44. The highest BCUT2D eigenvalue weighted by Crippen LogP contribution is 2.19. The molecule has 0 fully saturated rings. The molecule has 0 saturated heterocycles. The Hall–Kier alpha value is -2.19. The lowest BCUT2D eigenvalue weighted by Gasteiger charge is -2.26. The highest BCUT2D eigenvalue weighted by molar-refractivity contribution is 5.91. The third kappa shape index (κ3) is 3.59. The summed E-state index contributed by atoms with van der Waals surface area (Å²) < 4.78 is 3.57. The number of nitrogens with zero attached hydrogens (tertiary/aromatic N) is 5. The Bertz CT molecular complexity index is 692. The van der Waals surface area contributed by atoms with Crippen molar-refractivity contribution in [3.8, 4) is 0 Å². The summed E-state index contributed by atoms with van der Waals surface area (Å²) in [4.78, 5) is 14.2. The summed E-state index contributed by atoms with van der Waals surface area (Å²) in [5, 5.41) is 21.2. The second-order valence-electron chi connectivity index (χ2n) is 5.87. The number of hydrogen-bond donors (Lipinski definition) is 2. The first-order valence-corrected chi connectivity index (χ1v) is 7.80. The zero-order valence-electron chi connectivity index (χ0n) is 13.4. The van der Waals surface area contributed by atoms with Crippen LogP contribution in [0.25, 0.3) is 0 Å². The predicted octanol–water partition coefficient (Wildman–Crippen LogP) is 0.514. The van der Waals surface area contributed by atoms with Crippen molar-refractivity contribution < 1.29 is 9.90 Å². The van der Waals surface area contributed by atoms with Crippen molar-refractivity contribution >= 4 is 11.6 Å². The summed E-state index contributed by atoms with van der Waals surface area (Å²) in [6, 6.07) is 1.93. The highest BCUT2D eigenvalue weighted by atomic mass is 16.3. The third-order valence-corrected chi connectivity index (χ3v) is 3.98. The molecule has 1 atom stereocenters. The second-order valence-corrected chi connectivity index (χ2v) is 5.87. The van der Waals surface area contributed by atoms with Gasteiger partial charge in [0.25, 0.3) is 0 Å². The van der Waals surface area contributed by atoms with E-state index in [1.54, 1.807) is 17.1 Å². The molecule has 2 aromatic heterocycles. The third-order valence-electron chi connectivity index (χ3n) is 3.98. The molecule has 0 unspecified atom stereocenters. The number of fused-ring (bicyclic) bond motifs is 1. The average molecular weight is 318 g/mol. The quantitative estimate of drug-likeness (QED) is 0.839. The van der Waals surface area contributed by atoms with Crippen LogP contribution in [-0.4, -0.2) is 48.6 Å². The molecule has 8 nitrogen and oxygen atoms in total. The molecule has 1 aliphatic heterocycles. The van der Waals surface area contributed by atoms with Gasteiger partial charge in [-0.15, -0.1) is 0 Å². The minimum atomic E-state index is -0.518. The Morgan fingerprint density at radius 2 is 2.30 bits per heavy atom. The number of nitrogens with one attached hydrogen (secondary N) is 1. The minimum Gasteiger partial charge on any atom is -0.387 e. The van der Waals surface area contributed by atoms with Gasteiger partial charge in [0.1, 0.15) is 0 Å². The molecular weight excluding hydrogens is 296 g/mol. The van der Waals surface area contributed by atoms with E-state index in [-0.39, 0.29) is 5.91 Å². The van der Waals surface area contributed by atoms with Gasteiger partial charge in [0.15, 0.2) is 0 Å². The van der Waals surface area contributed by atoms with Crippen LogP contribution in [0.1, 0.15) is 30.8 Å². The van der Waals surface area contributed by atoms with Crippen molar-refractivity contribution in [3.05, 3.63) is 29.8 Å². The van der Waals surface area contributed by atoms with Crippen LogP contribution in [-0.2, 0) is 24.9 Å². The topological polar surface area (TPSA) is 88.2 Å². The first kappa shape index (κ1) is 15.7. The maximum Gasteiger partial charge on any atom is 0.238 e. The van der Waals surface area contributed by atoms with Gasteiger partial charge in [-0.3, -0.25) is 19.1 Å². The monoisotopic (exact) mass is 318 g/mol. The Balaban J connectivity index is 1.58. The largest absolute Gasteiger partial charge is 0.387 e. The van der Waals surface area contributed by atoms with Crippen molar-refractivity contribution in [2.45, 2.75) is 32.5 Å². The molecule has 124 valence electrons. The van der Waals surface area contributed by atoms with Gasteiger partial charge in [-0.1, -0.05) is 6.92 Å². The number of carbonyl (C=O) groups is 1. The number of rotatable bonds is 5. The van der Waals surface area contributed by atoms with Gasteiger partial charge in [0.05, 0.1) is 42.5 Å². The van der Waals surface area contributed by atoms with Crippen molar-refractivity contribution in [2.75, 3.05) is 18.4 Å². The zero-order chi connectivity index (χ0) is 16.4. The fourth-order valence-electron chi connectivity index (χ4n) is 2.74. The molecule has 8 heteroatoms. The van der Waals surface area contributed by atoms with Crippen LogP contribution in [0.2, 0.25) is 0 Å². The summed E-state index contributed by atoms with van der Waals surface area (Å²) in [5.74, 6) is -0.0558. The van der Waals surface area contributed by atoms with Crippen molar-refractivity contribution in [1.29, 1.82) is 0 Å². The molecule has 0 radical (unpaired) electrons. The van der Waals surface area contributed by atoms with Crippen LogP contribution in [0, 0.1) is 0 Å². The predicted molar refractivity (Wildman–Crippen MR) is 84.6 cm³/mol. The van der Waals surface area contributed by atoms with Gasteiger partial charge >= 0.3 is 0 Å². The molecule has 2 aromatic rings. The number of carbonyl (C=O) groups excluding carboxylic acids is 1. The standard InChI is InChI=1S/C15H22N6O2/c1-3-14(22)13-6-12-9-20(4-5-21(12)18-13)10-15(23)17-11-7-16-19(2)8-11/h6-8,14,22H,3-5,9-10H2,1-2H3,(H,17,23)/t14-/m1/s1. The fourth-order valence-corrected chi connectivity index (χ4v) is 2.74. The van der Waals surface area contributed by atoms with Crippen LogP contribution in [0.3, 0.4) is 0 Å². The number of aromatic nitrogens is 4. The lowest BCUT2D eigenvalue weighted by atomic mass is 10.2. The number of aliphatic hydroxyl groups is 1. The van der Waals surface area contributed by atoms with E-state index in [4.69, 9.17) is 0 Å². The zero-order valence-corrected chi connectivity index (χ0v) is 13.4. The highest BCUT2D eigenvalue weighted by Gasteiger charge is 2.22. The van der Waals surface area contributed by atoms with Crippen LogP contribution >= 0.6 is 0 Å². The van der Waals surface area contributed by atoms with Gasteiger partial charge in [0, 0.05) is 26.3 Å². The molecule has 0 bridgehead atoms. The Morgan fingerprint density at radius 3 is 3.00 bits per heavy atom. The Labute approximate surface area is 134 Å². The number of amides is 1. The summed E-state index contributed by atoms with van der Waals surface area (Å²) in [5.41, 5.74) is 2.45. The van der Waals surface area contributed by atoms with E-state index in [0.29, 0.717) is 30.9 Å². The van der Waals surface area contributed by atoms with E-state index in [2.05, 4.69) is 20.4 Å². The number of aliphatic hydroxyl groups excluding tert-OH is 1. The molecule has 23 heavy (non-hydrogen) atoms. The first-order valence-electron chi connectivity index (χ1n) is 7.80. The summed E-state index contributed by atoms with van der Waals surface area (Å²) in [6.07, 6.45) is 3.52. The van der Waals surface area contributed by atoms with Crippen molar-refractivity contribution in [2.24, 2.45) is 7.05 Å². The first-order chi connectivity index (χ1) is 11.0. The minimum absolute atomic E-state index is 0.0558. The summed E-state index contributed by atoms with van der Waals surface area (Å²) in [7, 11) is 1.81. The molecule has 0 aliphatic carbocycles. The molecular formula is C15H22N6O2. The molecule has 0 spiro atoms. The smallest absolute Gasteiger partial charge is 0.238 e. The SMILES string of the molecule is CC[C@@H](O)c1cc2n(n1)CCN(CC(=O)Nc1cnn(C)c1)C2. The molecule has 3 heterocycles. The van der Waals surface area contributed by atoms with Gasteiger partial charge in [-0.25, -0.2) is 0 Å². The molecule has 2 N–H and O–H groups in total. The van der Waals surface area contributed by atoms with Crippen LogP contribution in [0.5, 0.6) is 0 Å². The van der Waals surface area contributed by atoms with Gasteiger partial charge in [0.2, 0.25) is 5.91 Å². The number of hydrogen-bond acceptors (Lipinski definition) is 5. The Morgan fingerprint density at radius 1 is 1.48 bits per heavy atom. The van der Waals surface area contributed by atoms with Gasteiger partial charge in [-0.2, -0.15) is 10.2 Å². The van der Waals surface area contributed by atoms with E-state index < -0.39 is 6.10 Å². The van der Waals surface area contributed by atoms with E-state index in [0.717, 1.165) is 18.8 Å². The summed E-state index contributed by atoms with van der Waals surface area (Å²) in [6.45, 7) is 4.40. The van der Waals surface area contributed by atoms with E-state index in [1.165, 1.54) is 0 Å². The van der Waals surface area contributed by atoms with Gasteiger partial charge in [-0.05, 0) is 12.5 Å². The molecule has 0 saturated carbocycles. The van der Waals surface area contributed by atoms with E-state index >= 15 is 0 Å². The number of aryl methyl sites for hydroxylation is 1. The molecule has 3 rings (SSSR count). The lowest BCUT2D eigenvalue weighted by Crippen LogP contribution is -2.39. The van der Waals surface area contributed by atoms with Crippen LogP contribution < -0.4 is 5.32 Å². The molecule has 1 amide bonds. The van der Waals surface area contributed by atoms with Crippen LogP contribution in [0.4, 0.5) is 5.69 Å². The van der Waals surface area contributed by atoms with E-state index in [9.17, 15) is 9.90 Å². The summed E-state index contributed by atoms with van der Waals surface area (Å²) >= 11 is 0. The molecule has 1 aliphatic rings. The maximum atomic E-state index is 12.1. The molecule has 0 aromatic carbocycles.